The Hall–Kier alpha value is -2.15. The number of likely N-dealkylation sites (tertiary alicyclic amines) is 1. The van der Waals surface area contributed by atoms with Crippen molar-refractivity contribution < 1.29 is 9.59 Å². The SMILES string of the molecule is O=C(NC1CC1)N1CCCC(C(=O)N2CCN(Cc3cccnc3)CC2)C1. The lowest BCUT2D eigenvalue weighted by Crippen LogP contribution is -2.53. The standard InChI is InChI=1S/C20H29N5O2/c26-19(17-4-2-8-25(15-17)20(27)22-18-5-6-18)24-11-9-23(10-12-24)14-16-3-1-7-21-13-16/h1,3,7,13,17-18H,2,4-6,8-12,14-15H2,(H,22,27). The maximum atomic E-state index is 13.0. The molecule has 7 nitrogen and oxygen atoms in total. The summed E-state index contributed by atoms with van der Waals surface area (Å²) in [6, 6.07) is 4.43. The molecule has 27 heavy (non-hydrogen) atoms. The van der Waals surface area contributed by atoms with Crippen LogP contribution in [0, 0.1) is 5.92 Å². The van der Waals surface area contributed by atoms with Crippen molar-refractivity contribution in [3.05, 3.63) is 30.1 Å². The van der Waals surface area contributed by atoms with Crippen LogP contribution < -0.4 is 5.32 Å². The number of amides is 3. The molecule has 1 unspecified atom stereocenters. The molecule has 146 valence electrons. The van der Waals surface area contributed by atoms with Gasteiger partial charge in [-0.25, -0.2) is 4.79 Å². The van der Waals surface area contributed by atoms with Crippen LogP contribution in [0.25, 0.3) is 0 Å². The van der Waals surface area contributed by atoms with E-state index in [1.54, 1.807) is 6.20 Å². The van der Waals surface area contributed by atoms with E-state index < -0.39 is 0 Å². The first-order chi connectivity index (χ1) is 13.2. The number of nitrogens with zero attached hydrogens (tertiary/aromatic N) is 4. The number of pyridine rings is 1. The predicted octanol–water partition coefficient (Wildman–Crippen LogP) is 1.31. The number of rotatable bonds is 4. The molecule has 3 amide bonds. The van der Waals surface area contributed by atoms with Crippen molar-refractivity contribution in [2.45, 2.75) is 38.3 Å². The monoisotopic (exact) mass is 371 g/mol. The molecule has 3 aliphatic rings. The van der Waals surface area contributed by atoms with Crippen LogP contribution in [-0.4, -0.2) is 76.9 Å². The molecule has 7 heteroatoms. The molecule has 0 radical (unpaired) electrons. The van der Waals surface area contributed by atoms with Gasteiger partial charge in [-0.3, -0.25) is 14.7 Å². The Labute approximate surface area is 160 Å². The second-order valence-electron chi connectivity index (χ2n) is 7.97. The minimum Gasteiger partial charge on any atom is -0.340 e. The molecule has 1 saturated carbocycles. The molecule has 2 saturated heterocycles. The van der Waals surface area contributed by atoms with Gasteiger partial charge in [0.1, 0.15) is 0 Å². The van der Waals surface area contributed by atoms with E-state index in [0.29, 0.717) is 12.6 Å². The van der Waals surface area contributed by atoms with E-state index >= 15 is 0 Å². The van der Waals surface area contributed by atoms with Gasteiger partial charge in [-0.15, -0.1) is 0 Å². The zero-order valence-corrected chi connectivity index (χ0v) is 15.8. The van der Waals surface area contributed by atoms with Gasteiger partial charge in [-0.1, -0.05) is 6.07 Å². The lowest BCUT2D eigenvalue weighted by Gasteiger charge is -2.39. The van der Waals surface area contributed by atoms with E-state index in [-0.39, 0.29) is 17.9 Å². The van der Waals surface area contributed by atoms with Gasteiger partial charge in [0.15, 0.2) is 0 Å². The van der Waals surface area contributed by atoms with Crippen LogP contribution in [0.1, 0.15) is 31.2 Å². The van der Waals surface area contributed by atoms with Crippen molar-refractivity contribution in [1.29, 1.82) is 0 Å². The number of urea groups is 1. The smallest absolute Gasteiger partial charge is 0.317 e. The highest BCUT2D eigenvalue weighted by Gasteiger charge is 2.34. The second-order valence-corrected chi connectivity index (χ2v) is 7.97. The summed E-state index contributed by atoms with van der Waals surface area (Å²) in [4.78, 5) is 35.6. The highest BCUT2D eigenvalue weighted by Crippen LogP contribution is 2.22. The first-order valence-electron chi connectivity index (χ1n) is 10.1. The molecule has 0 bridgehead atoms. The molecule has 1 aromatic heterocycles. The summed E-state index contributed by atoms with van der Waals surface area (Å²) in [6.07, 6.45) is 7.67. The molecular formula is C20H29N5O2. The maximum absolute atomic E-state index is 13.0. The Morgan fingerprint density at radius 1 is 1.07 bits per heavy atom. The molecule has 1 aliphatic carbocycles. The number of piperazine rings is 1. The van der Waals surface area contributed by atoms with E-state index in [0.717, 1.165) is 65.0 Å². The molecule has 1 atom stereocenters. The van der Waals surface area contributed by atoms with E-state index in [1.165, 1.54) is 5.56 Å². The van der Waals surface area contributed by atoms with Crippen LogP contribution in [-0.2, 0) is 11.3 Å². The third-order valence-corrected chi connectivity index (χ3v) is 5.78. The lowest BCUT2D eigenvalue weighted by molar-refractivity contribution is -0.138. The lowest BCUT2D eigenvalue weighted by atomic mass is 9.96. The summed E-state index contributed by atoms with van der Waals surface area (Å²) in [5, 5.41) is 3.04. The minimum atomic E-state index is -0.0476. The average Bonchev–Trinajstić information content (AvgIpc) is 3.53. The minimum absolute atomic E-state index is 0.0105. The summed E-state index contributed by atoms with van der Waals surface area (Å²) >= 11 is 0. The van der Waals surface area contributed by atoms with Crippen LogP contribution in [0.15, 0.2) is 24.5 Å². The zero-order chi connectivity index (χ0) is 18.6. The molecular weight excluding hydrogens is 342 g/mol. The van der Waals surface area contributed by atoms with Crippen LogP contribution in [0.4, 0.5) is 4.79 Å². The van der Waals surface area contributed by atoms with Gasteiger partial charge >= 0.3 is 6.03 Å². The van der Waals surface area contributed by atoms with E-state index in [4.69, 9.17) is 0 Å². The third kappa shape index (κ3) is 4.77. The quantitative estimate of drug-likeness (QED) is 0.867. The summed E-state index contributed by atoms with van der Waals surface area (Å²) in [6.45, 7) is 5.52. The number of hydrogen-bond donors (Lipinski definition) is 1. The molecule has 2 aliphatic heterocycles. The number of carbonyl (C=O) groups is 2. The highest BCUT2D eigenvalue weighted by atomic mass is 16.2. The van der Waals surface area contributed by atoms with Gasteiger partial charge in [-0.2, -0.15) is 0 Å². The van der Waals surface area contributed by atoms with Crippen molar-refractivity contribution in [3.8, 4) is 0 Å². The fourth-order valence-electron chi connectivity index (χ4n) is 3.99. The fraction of sp³-hybridized carbons (Fsp3) is 0.650. The van der Waals surface area contributed by atoms with Crippen molar-refractivity contribution in [1.82, 2.24) is 25.0 Å². The summed E-state index contributed by atoms with van der Waals surface area (Å²) in [7, 11) is 0. The van der Waals surface area contributed by atoms with Gasteiger partial charge in [0.05, 0.1) is 5.92 Å². The van der Waals surface area contributed by atoms with Gasteiger partial charge in [-0.05, 0) is 37.3 Å². The Balaban J connectivity index is 1.25. The molecule has 0 spiro atoms. The van der Waals surface area contributed by atoms with Crippen molar-refractivity contribution in [2.75, 3.05) is 39.3 Å². The Morgan fingerprint density at radius 3 is 2.59 bits per heavy atom. The Kier molecular flexibility index (Phi) is 5.57. The van der Waals surface area contributed by atoms with E-state index in [2.05, 4.69) is 21.3 Å². The molecule has 3 heterocycles. The van der Waals surface area contributed by atoms with Gasteiger partial charge in [0.25, 0.3) is 0 Å². The Morgan fingerprint density at radius 2 is 1.89 bits per heavy atom. The van der Waals surface area contributed by atoms with Gasteiger partial charge < -0.3 is 15.1 Å². The number of piperidine rings is 1. The number of carbonyl (C=O) groups excluding carboxylic acids is 2. The van der Waals surface area contributed by atoms with Gasteiger partial charge in [0, 0.05) is 64.2 Å². The van der Waals surface area contributed by atoms with Crippen LogP contribution in [0.2, 0.25) is 0 Å². The van der Waals surface area contributed by atoms with E-state index in [1.807, 2.05) is 22.1 Å². The zero-order valence-electron chi connectivity index (χ0n) is 15.8. The van der Waals surface area contributed by atoms with Crippen LogP contribution >= 0.6 is 0 Å². The van der Waals surface area contributed by atoms with Crippen LogP contribution in [0.3, 0.4) is 0 Å². The number of aromatic nitrogens is 1. The molecule has 3 fully saturated rings. The largest absolute Gasteiger partial charge is 0.340 e. The first-order valence-corrected chi connectivity index (χ1v) is 10.1. The predicted molar refractivity (Wildman–Crippen MR) is 102 cm³/mol. The maximum Gasteiger partial charge on any atom is 0.317 e. The number of nitrogens with one attached hydrogen (secondary N) is 1. The van der Waals surface area contributed by atoms with Crippen LogP contribution in [0.5, 0.6) is 0 Å². The fourth-order valence-corrected chi connectivity index (χ4v) is 3.99. The average molecular weight is 371 g/mol. The number of hydrogen-bond acceptors (Lipinski definition) is 4. The Bertz CT molecular complexity index is 656. The van der Waals surface area contributed by atoms with Gasteiger partial charge in [0.2, 0.25) is 5.91 Å². The summed E-state index contributed by atoms with van der Waals surface area (Å²) in [5.74, 6) is 0.175. The third-order valence-electron chi connectivity index (χ3n) is 5.78. The van der Waals surface area contributed by atoms with Crippen molar-refractivity contribution in [2.24, 2.45) is 5.92 Å². The van der Waals surface area contributed by atoms with E-state index in [9.17, 15) is 9.59 Å². The highest BCUT2D eigenvalue weighted by molar-refractivity contribution is 5.81. The van der Waals surface area contributed by atoms with Crippen molar-refractivity contribution >= 4 is 11.9 Å². The first kappa shape index (κ1) is 18.2. The topological polar surface area (TPSA) is 68.8 Å². The normalized spacial score (nSPS) is 23.9. The molecule has 0 aromatic carbocycles. The molecule has 1 N–H and O–H groups in total. The molecule has 1 aromatic rings. The summed E-state index contributed by atoms with van der Waals surface area (Å²) < 4.78 is 0. The second kappa shape index (κ2) is 8.25. The van der Waals surface area contributed by atoms with Crippen molar-refractivity contribution in [3.63, 3.8) is 0 Å². The summed E-state index contributed by atoms with van der Waals surface area (Å²) in [5.41, 5.74) is 1.21. The molecule has 4 rings (SSSR count).